The summed E-state index contributed by atoms with van der Waals surface area (Å²) < 4.78 is 5.23. The fourth-order valence-electron chi connectivity index (χ4n) is 4.18. The number of halogens is 2. The summed E-state index contributed by atoms with van der Waals surface area (Å²) in [4.78, 5) is 42.1. The number of ether oxygens (including phenoxy) is 1. The largest absolute Gasteiger partial charge is 0.462 e. The minimum atomic E-state index is -0.749. The second-order valence-corrected chi connectivity index (χ2v) is 10.5. The van der Waals surface area contributed by atoms with E-state index in [-0.39, 0.29) is 6.61 Å². The lowest BCUT2D eigenvalue weighted by Gasteiger charge is -2.35. The van der Waals surface area contributed by atoms with Crippen molar-refractivity contribution in [2.75, 3.05) is 16.8 Å². The van der Waals surface area contributed by atoms with E-state index in [2.05, 4.69) is 10.6 Å². The number of amides is 3. The number of nitrogens with zero attached hydrogens (tertiary/aromatic N) is 1. The van der Waals surface area contributed by atoms with Gasteiger partial charge in [-0.05, 0) is 75.2 Å². The highest BCUT2D eigenvalue weighted by Crippen LogP contribution is 2.37. The van der Waals surface area contributed by atoms with Crippen LogP contribution in [0.15, 0.2) is 59.8 Å². The fraction of sp³-hybridized carbons (Fsp3) is 0.222. The van der Waals surface area contributed by atoms with Crippen molar-refractivity contribution in [1.29, 1.82) is 0 Å². The van der Waals surface area contributed by atoms with Gasteiger partial charge in [0.15, 0.2) is 0 Å². The Kier molecular flexibility index (Phi) is 7.92. The molecule has 192 valence electrons. The molecular formula is C27H25Cl2N3O4S. The molecule has 3 amide bonds. The lowest BCUT2D eigenvalue weighted by Crippen LogP contribution is -2.48. The van der Waals surface area contributed by atoms with Crippen LogP contribution < -0.4 is 15.5 Å². The average molecular weight is 558 g/mol. The number of thiophene rings is 1. The number of hydrogen-bond acceptors (Lipinski definition) is 5. The molecule has 3 aromatic rings. The standard InChI is InChI=1S/C27H25Cl2N3O4S/c1-5-36-26(34)21-14(2)16(4)37-25(21)31-24(33)22-15(3)32(20-12-10-19(29)11-13-20)27(35)30-23(22)17-6-8-18(28)9-7-17/h6-13,23H,5H2,1-4H3,(H,30,35)(H,31,33). The van der Waals surface area contributed by atoms with Crippen LogP contribution in [0.2, 0.25) is 10.0 Å². The molecule has 2 heterocycles. The lowest BCUT2D eigenvalue weighted by molar-refractivity contribution is -0.113. The molecule has 0 aliphatic carbocycles. The zero-order valence-electron chi connectivity index (χ0n) is 20.6. The zero-order valence-corrected chi connectivity index (χ0v) is 23.0. The number of hydrogen-bond donors (Lipinski definition) is 2. The highest BCUT2D eigenvalue weighted by atomic mass is 35.5. The molecular weight excluding hydrogens is 533 g/mol. The van der Waals surface area contributed by atoms with Crippen molar-refractivity contribution in [3.8, 4) is 0 Å². The van der Waals surface area contributed by atoms with Gasteiger partial charge in [0.1, 0.15) is 5.00 Å². The van der Waals surface area contributed by atoms with Crippen molar-refractivity contribution >= 4 is 63.1 Å². The first-order valence-electron chi connectivity index (χ1n) is 11.5. The normalized spacial score (nSPS) is 15.5. The van der Waals surface area contributed by atoms with Crippen LogP contribution in [0.3, 0.4) is 0 Å². The third-order valence-electron chi connectivity index (χ3n) is 6.11. The third-order valence-corrected chi connectivity index (χ3v) is 7.74. The number of nitrogens with one attached hydrogen (secondary N) is 2. The molecule has 0 saturated carbocycles. The third kappa shape index (κ3) is 5.37. The molecule has 0 fully saturated rings. The van der Waals surface area contributed by atoms with Gasteiger partial charge < -0.3 is 15.4 Å². The van der Waals surface area contributed by atoms with E-state index in [9.17, 15) is 14.4 Å². The summed E-state index contributed by atoms with van der Waals surface area (Å²) in [7, 11) is 0. The van der Waals surface area contributed by atoms with Crippen LogP contribution >= 0.6 is 34.5 Å². The summed E-state index contributed by atoms with van der Waals surface area (Å²) in [6, 6.07) is 12.5. The highest BCUT2D eigenvalue weighted by Gasteiger charge is 2.37. The lowest BCUT2D eigenvalue weighted by atomic mass is 9.94. The topological polar surface area (TPSA) is 87.7 Å². The molecule has 2 aromatic carbocycles. The summed E-state index contributed by atoms with van der Waals surface area (Å²) >= 11 is 13.4. The highest BCUT2D eigenvalue weighted by molar-refractivity contribution is 7.16. The van der Waals surface area contributed by atoms with Crippen LogP contribution in [0, 0.1) is 13.8 Å². The maximum Gasteiger partial charge on any atom is 0.341 e. The van der Waals surface area contributed by atoms with Gasteiger partial charge in [-0.15, -0.1) is 11.3 Å². The molecule has 0 radical (unpaired) electrons. The first-order valence-corrected chi connectivity index (χ1v) is 13.1. The molecule has 1 aliphatic heterocycles. The van der Waals surface area contributed by atoms with Gasteiger partial charge in [-0.1, -0.05) is 35.3 Å². The summed E-state index contributed by atoms with van der Waals surface area (Å²) in [5.74, 6) is -0.956. The van der Waals surface area contributed by atoms with Crippen molar-refractivity contribution in [3.63, 3.8) is 0 Å². The quantitative estimate of drug-likeness (QED) is 0.318. The van der Waals surface area contributed by atoms with Crippen LogP contribution in [-0.2, 0) is 9.53 Å². The molecule has 10 heteroatoms. The molecule has 37 heavy (non-hydrogen) atoms. The van der Waals surface area contributed by atoms with Crippen LogP contribution in [-0.4, -0.2) is 24.5 Å². The summed E-state index contributed by atoms with van der Waals surface area (Å²) in [6.45, 7) is 7.35. The van der Waals surface area contributed by atoms with E-state index in [1.807, 2.05) is 13.8 Å². The van der Waals surface area contributed by atoms with Crippen molar-refractivity contribution in [2.45, 2.75) is 33.7 Å². The second kappa shape index (κ2) is 11.0. The summed E-state index contributed by atoms with van der Waals surface area (Å²) in [6.07, 6.45) is 0. The van der Waals surface area contributed by atoms with Gasteiger partial charge in [0, 0.05) is 20.6 Å². The van der Waals surface area contributed by atoms with E-state index in [1.54, 1.807) is 62.4 Å². The molecule has 1 aliphatic rings. The molecule has 7 nitrogen and oxygen atoms in total. The van der Waals surface area contributed by atoms with Gasteiger partial charge in [-0.2, -0.15) is 0 Å². The van der Waals surface area contributed by atoms with E-state index < -0.39 is 23.9 Å². The fourth-order valence-corrected chi connectivity index (χ4v) is 5.47. The molecule has 0 saturated heterocycles. The van der Waals surface area contributed by atoms with Crippen LogP contribution in [0.25, 0.3) is 0 Å². The number of urea groups is 1. The molecule has 4 rings (SSSR count). The molecule has 0 bridgehead atoms. The molecule has 1 unspecified atom stereocenters. The van der Waals surface area contributed by atoms with Gasteiger partial charge in [-0.25, -0.2) is 9.59 Å². The van der Waals surface area contributed by atoms with Crippen LogP contribution in [0.4, 0.5) is 15.5 Å². The number of carbonyl (C=O) groups excluding carboxylic acids is 3. The molecule has 0 spiro atoms. The summed E-state index contributed by atoms with van der Waals surface area (Å²) in [5, 5.41) is 7.30. The Morgan fingerprint density at radius 2 is 1.62 bits per heavy atom. The van der Waals surface area contributed by atoms with Gasteiger partial charge in [0.2, 0.25) is 0 Å². The van der Waals surface area contributed by atoms with E-state index in [0.717, 1.165) is 10.4 Å². The van der Waals surface area contributed by atoms with E-state index >= 15 is 0 Å². The first kappa shape index (κ1) is 26.7. The maximum atomic E-state index is 13.9. The van der Waals surface area contributed by atoms with Crippen molar-refractivity contribution < 1.29 is 19.1 Å². The van der Waals surface area contributed by atoms with E-state index in [1.165, 1.54) is 16.2 Å². The minimum Gasteiger partial charge on any atom is -0.462 e. The number of anilines is 2. The van der Waals surface area contributed by atoms with E-state index in [0.29, 0.717) is 43.1 Å². The monoisotopic (exact) mass is 557 g/mol. The van der Waals surface area contributed by atoms with Gasteiger partial charge in [-0.3, -0.25) is 9.69 Å². The average Bonchev–Trinajstić information content (AvgIpc) is 3.13. The van der Waals surface area contributed by atoms with Crippen molar-refractivity contribution in [3.05, 3.63) is 91.4 Å². The van der Waals surface area contributed by atoms with Crippen LogP contribution in [0.5, 0.6) is 0 Å². The SMILES string of the molecule is CCOC(=O)c1c(NC(=O)C2=C(C)N(c3ccc(Cl)cc3)C(=O)NC2c2ccc(Cl)cc2)sc(C)c1C. The number of esters is 1. The predicted molar refractivity (Wildman–Crippen MR) is 148 cm³/mol. The minimum absolute atomic E-state index is 0.214. The Morgan fingerprint density at radius 1 is 1.03 bits per heavy atom. The Hall–Kier alpha value is -3.33. The number of allylic oxidation sites excluding steroid dienone is 1. The first-order chi connectivity index (χ1) is 17.6. The van der Waals surface area contributed by atoms with Crippen molar-refractivity contribution in [2.24, 2.45) is 0 Å². The number of carbonyl (C=O) groups is 3. The number of aryl methyl sites for hydroxylation is 1. The van der Waals surface area contributed by atoms with Gasteiger partial charge in [0.05, 0.1) is 29.5 Å². The Balaban J connectivity index is 1.81. The number of rotatable bonds is 6. The number of benzene rings is 2. The van der Waals surface area contributed by atoms with Gasteiger partial charge in [0.25, 0.3) is 5.91 Å². The van der Waals surface area contributed by atoms with Crippen molar-refractivity contribution in [1.82, 2.24) is 5.32 Å². The summed E-state index contributed by atoms with van der Waals surface area (Å²) in [5.41, 5.74) is 3.06. The predicted octanol–water partition coefficient (Wildman–Crippen LogP) is 7.03. The maximum absolute atomic E-state index is 13.9. The second-order valence-electron chi connectivity index (χ2n) is 8.41. The Labute approximate surface area is 229 Å². The molecule has 2 N–H and O–H groups in total. The molecule has 1 aromatic heterocycles. The zero-order chi connectivity index (χ0) is 26.9. The van der Waals surface area contributed by atoms with E-state index in [4.69, 9.17) is 27.9 Å². The smallest absolute Gasteiger partial charge is 0.341 e. The van der Waals surface area contributed by atoms with Crippen LogP contribution in [0.1, 0.15) is 46.3 Å². The Bertz CT molecular complexity index is 1400. The Morgan fingerprint density at radius 3 is 2.22 bits per heavy atom. The molecule has 1 atom stereocenters. The van der Waals surface area contributed by atoms with Gasteiger partial charge >= 0.3 is 12.0 Å².